The van der Waals surface area contributed by atoms with Gasteiger partial charge in [-0.25, -0.2) is 4.98 Å². The number of rotatable bonds is 4. The first-order valence-corrected chi connectivity index (χ1v) is 9.00. The topological polar surface area (TPSA) is 36.4 Å². The van der Waals surface area contributed by atoms with Crippen LogP contribution in [0.2, 0.25) is 0 Å². The zero-order valence-electron chi connectivity index (χ0n) is 14.7. The first-order chi connectivity index (χ1) is 12.8. The largest absolute Gasteiger partial charge is 0.506 e. The number of nitrogens with zero attached hydrogens (tertiary/aromatic N) is 2. The second-order valence-corrected chi connectivity index (χ2v) is 6.67. The van der Waals surface area contributed by atoms with E-state index in [-0.39, 0.29) is 5.75 Å². The molecule has 2 heterocycles. The molecule has 0 amide bonds. The van der Waals surface area contributed by atoms with Crippen LogP contribution < -0.4 is 0 Å². The summed E-state index contributed by atoms with van der Waals surface area (Å²) in [6.07, 6.45) is 7.52. The van der Waals surface area contributed by atoms with Gasteiger partial charge in [-0.05, 0) is 35.8 Å². The fourth-order valence-corrected chi connectivity index (χ4v) is 3.30. The molecule has 3 nitrogen and oxygen atoms in total. The normalized spacial score (nSPS) is 15.5. The molecule has 3 aromatic rings. The molecule has 1 aliphatic rings. The van der Waals surface area contributed by atoms with E-state index >= 15 is 0 Å². The number of fused-ring (bicyclic) bond motifs is 1. The number of aromatic nitrogens is 1. The maximum absolute atomic E-state index is 9.96. The summed E-state index contributed by atoms with van der Waals surface area (Å²) >= 11 is 0. The molecule has 0 atom stereocenters. The highest BCUT2D eigenvalue weighted by Crippen LogP contribution is 2.23. The minimum absolute atomic E-state index is 0.228. The third-order valence-electron chi connectivity index (χ3n) is 4.77. The molecular formula is C23H22N2O. The molecule has 26 heavy (non-hydrogen) atoms. The average molecular weight is 342 g/mol. The minimum atomic E-state index is 0.228. The van der Waals surface area contributed by atoms with Gasteiger partial charge in [-0.1, -0.05) is 60.7 Å². The lowest BCUT2D eigenvalue weighted by Gasteiger charge is -2.25. The Bertz CT molecular complexity index is 960. The number of pyridine rings is 1. The van der Waals surface area contributed by atoms with E-state index < -0.39 is 0 Å². The number of hydrogen-bond donors (Lipinski definition) is 1. The predicted octanol–water partition coefficient (Wildman–Crippen LogP) is 4.79. The number of para-hydroxylation sites is 1. The van der Waals surface area contributed by atoms with Gasteiger partial charge in [0.15, 0.2) is 0 Å². The van der Waals surface area contributed by atoms with Crippen molar-refractivity contribution in [3.8, 4) is 5.75 Å². The number of hydrogen-bond acceptors (Lipinski definition) is 3. The van der Waals surface area contributed by atoms with Crippen molar-refractivity contribution < 1.29 is 5.11 Å². The van der Waals surface area contributed by atoms with E-state index in [0.717, 1.165) is 37.1 Å². The van der Waals surface area contributed by atoms with Gasteiger partial charge in [-0.15, -0.1) is 0 Å². The Labute approximate surface area is 153 Å². The molecule has 4 rings (SSSR count). The van der Waals surface area contributed by atoms with Gasteiger partial charge >= 0.3 is 0 Å². The van der Waals surface area contributed by atoms with Gasteiger partial charge in [0.25, 0.3) is 0 Å². The van der Waals surface area contributed by atoms with Crippen molar-refractivity contribution in [1.82, 2.24) is 9.88 Å². The summed E-state index contributed by atoms with van der Waals surface area (Å²) in [6, 6.07) is 20.1. The highest BCUT2D eigenvalue weighted by molar-refractivity contribution is 5.85. The van der Waals surface area contributed by atoms with Crippen molar-refractivity contribution >= 4 is 17.0 Å². The molecule has 2 aromatic carbocycles. The number of aromatic hydroxyl groups is 1. The van der Waals surface area contributed by atoms with Gasteiger partial charge in [0.05, 0.1) is 5.69 Å². The van der Waals surface area contributed by atoms with Crippen molar-refractivity contribution in [2.75, 3.05) is 13.1 Å². The van der Waals surface area contributed by atoms with Crippen LogP contribution in [0.3, 0.4) is 0 Å². The lowest BCUT2D eigenvalue weighted by Crippen LogP contribution is -2.27. The van der Waals surface area contributed by atoms with E-state index in [1.54, 1.807) is 6.07 Å². The van der Waals surface area contributed by atoms with E-state index in [0.29, 0.717) is 5.52 Å². The fraction of sp³-hybridized carbons (Fsp3) is 0.174. The zero-order valence-corrected chi connectivity index (χ0v) is 14.7. The SMILES string of the molecule is Oc1cccc2ccc(C=CC3=CCN(Cc4ccccc4)CC3)nc12. The molecule has 0 bridgehead atoms. The smallest absolute Gasteiger partial charge is 0.141 e. The summed E-state index contributed by atoms with van der Waals surface area (Å²) in [5, 5.41) is 10.9. The number of phenolic OH excluding ortho intramolecular Hbond substituents is 1. The van der Waals surface area contributed by atoms with E-state index in [2.05, 4.69) is 52.4 Å². The van der Waals surface area contributed by atoms with Crippen LogP contribution in [-0.2, 0) is 6.54 Å². The van der Waals surface area contributed by atoms with Crippen LogP contribution in [0.5, 0.6) is 5.75 Å². The van der Waals surface area contributed by atoms with Crippen molar-refractivity contribution in [3.05, 3.63) is 89.6 Å². The predicted molar refractivity (Wildman–Crippen MR) is 107 cm³/mol. The molecule has 0 unspecified atom stereocenters. The van der Waals surface area contributed by atoms with Gasteiger partial charge < -0.3 is 5.11 Å². The highest BCUT2D eigenvalue weighted by atomic mass is 16.3. The third-order valence-corrected chi connectivity index (χ3v) is 4.77. The summed E-state index contributed by atoms with van der Waals surface area (Å²) in [7, 11) is 0. The van der Waals surface area contributed by atoms with Gasteiger partial charge in [0, 0.05) is 25.0 Å². The van der Waals surface area contributed by atoms with E-state index in [1.807, 2.05) is 30.3 Å². The Balaban J connectivity index is 1.42. The Hall–Kier alpha value is -2.91. The molecule has 0 saturated carbocycles. The van der Waals surface area contributed by atoms with Gasteiger partial charge in [-0.3, -0.25) is 4.90 Å². The van der Waals surface area contributed by atoms with Crippen LogP contribution in [0.1, 0.15) is 17.7 Å². The van der Waals surface area contributed by atoms with E-state index in [4.69, 9.17) is 0 Å². The Kier molecular flexibility index (Phi) is 4.80. The van der Waals surface area contributed by atoms with Crippen molar-refractivity contribution in [1.29, 1.82) is 0 Å². The van der Waals surface area contributed by atoms with Crippen LogP contribution >= 0.6 is 0 Å². The first-order valence-electron chi connectivity index (χ1n) is 9.00. The lowest BCUT2D eigenvalue weighted by atomic mass is 10.1. The lowest BCUT2D eigenvalue weighted by molar-refractivity contribution is 0.287. The zero-order chi connectivity index (χ0) is 17.8. The molecular weight excluding hydrogens is 320 g/mol. The second-order valence-electron chi connectivity index (χ2n) is 6.67. The average Bonchev–Trinajstić information content (AvgIpc) is 2.69. The summed E-state index contributed by atoms with van der Waals surface area (Å²) in [5.74, 6) is 0.228. The Morgan fingerprint density at radius 2 is 1.85 bits per heavy atom. The number of allylic oxidation sites excluding steroid dienone is 1. The maximum Gasteiger partial charge on any atom is 0.141 e. The third kappa shape index (κ3) is 3.84. The maximum atomic E-state index is 9.96. The number of phenols is 1. The van der Waals surface area contributed by atoms with Crippen molar-refractivity contribution in [2.45, 2.75) is 13.0 Å². The van der Waals surface area contributed by atoms with E-state index in [9.17, 15) is 5.11 Å². The monoisotopic (exact) mass is 342 g/mol. The molecule has 0 spiro atoms. The van der Waals surface area contributed by atoms with Crippen LogP contribution in [-0.4, -0.2) is 28.1 Å². The molecule has 1 N–H and O–H groups in total. The standard InChI is InChI=1S/C23H22N2O/c26-22-8-4-7-20-10-12-21(24-23(20)22)11-9-18-13-15-25(16-14-18)17-19-5-2-1-3-6-19/h1-13,26H,14-17H2. The molecule has 3 heteroatoms. The van der Waals surface area contributed by atoms with Crippen LogP contribution in [0.25, 0.3) is 17.0 Å². The van der Waals surface area contributed by atoms with Crippen molar-refractivity contribution in [3.63, 3.8) is 0 Å². The molecule has 1 aromatic heterocycles. The highest BCUT2D eigenvalue weighted by Gasteiger charge is 2.10. The Morgan fingerprint density at radius 3 is 2.65 bits per heavy atom. The summed E-state index contributed by atoms with van der Waals surface area (Å²) in [6.45, 7) is 3.04. The van der Waals surface area contributed by atoms with Crippen LogP contribution in [0.15, 0.2) is 78.4 Å². The molecule has 0 radical (unpaired) electrons. The number of benzene rings is 2. The second kappa shape index (κ2) is 7.54. The molecule has 1 aliphatic heterocycles. The van der Waals surface area contributed by atoms with Gasteiger partial charge in [-0.2, -0.15) is 0 Å². The summed E-state index contributed by atoms with van der Waals surface area (Å²) in [4.78, 5) is 7.01. The van der Waals surface area contributed by atoms with Gasteiger partial charge in [0.2, 0.25) is 0 Å². The molecule has 0 aliphatic carbocycles. The quantitative estimate of drug-likeness (QED) is 0.741. The van der Waals surface area contributed by atoms with Gasteiger partial charge in [0.1, 0.15) is 11.3 Å². The molecule has 0 fully saturated rings. The van der Waals surface area contributed by atoms with E-state index in [1.165, 1.54) is 11.1 Å². The minimum Gasteiger partial charge on any atom is -0.506 e. The first kappa shape index (κ1) is 16.6. The van der Waals surface area contributed by atoms with Crippen LogP contribution in [0, 0.1) is 0 Å². The fourth-order valence-electron chi connectivity index (χ4n) is 3.30. The summed E-state index contributed by atoms with van der Waals surface area (Å²) in [5.41, 5.74) is 4.22. The van der Waals surface area contributed by atoms with Crippen molar-refractivity contribution in [2.24, 2.45) is 0 Å². The summed E-state index contributed by atoms with van der Waals surface area (Å²) < 4.78 is 0. The Morgan fingerprint density at radius 1 is 0.962 bits per heavy atom. The molecule has 130 valence electrons. The molecule has 0 saturated heterocycles. The van der Waals surface area contributed by atoms with Crippen LogP contribution in [0.4, 0.5) is 0 Å².